The maximum Gasteiger partial charge on any atom is 0.335 e. The van der Waals surface area contributed by atoms with E-state index in [1.54, 1.807) is 12.1 Å². The highest BCUT2D eigenvalue weighted by Gasteiger charge is 2.24. The molecule has 1 N–H and O–H groups in total. The lowest BCUT2D eigenvalue weighted by atomic mass is 9.83. The van der Waals surface area contributed by atoms with Gasteiger partial charge >= 0.3 is 5.97 Å². The average Bonchev–Trinajstić information content (AvgIpc) is 2.91. The van der Waals surface area contributed by atoms with Gasteiger partial charge in [-0.15, -0.1) is 5.10 Å². The molecule has 0 radical (unpaired) electrons. The number of hydrogen-bond acceptors (Lipinski definition) is 3. The lowest BCUT2D eigenvalue weighted by molar-refractivity contribution is 0.0697. The van der Waals surface area contributed by atoms with Gasteiger partial charge < -0.3 is 5.11 Å². The molecule has 1 aromatic carbocycles. The monoisotopic (exact) mass is 287 g/mol. The minimum Gasteiger partial charge on any atom is -0.478 e. The van der Waals surface area contributed by atoms with Crippen molar-refractivity contribution in [3.63, 3.8) is 0 Å². The SMILES string of the molecule is CCCC1CCC(n2nnc3cc(C(=O)O)ccc32)CC1. The van der Waals surface area contributed by atoms with Gasteiger partial charge in [0.1, 0.15) is 5.52 Å². The lowest BCUT2D eigenvalue weighted by Gasteiger charge is -2.28. The normalized spacial score (nSPS) is 22.5. The number of aromatic carboxylic acids is 1. The van der Waals surface area contributed by atoms with Crippen LogP contribution in [-0.2, 0) is 0 Å². The predicted molar refractivity (Wildman–Crippen MR) is 80.4 cm³/mol. The molecule has 2 aromatic rings. The first-order valence-corrected chi connectivity index (χ1v) is 7.77. The van der Waals surface area contributed by atoms with Crippen LogP contribution in [0.25, 0.3) is 11.0 Å². The summed E-state index contributed by atoms with van der Waals surface area (Å²) in [5.41, 5.74) is 1.88. The standard InChI is InChI=1S/C16H21N3O2/c1-2-3-11-4-7-13(8-5-11)19-15-9-6-12(16(20)21)10-14(15)17-18-19/h6,9-11,13H,2-5,7-8H2,1H3,(H,20,21). The Morgan fingerprint density at radius 3 is 2.76 bits per heavy atom. The molecule has 1 aromatic heterocycles. The number of nitrogens with zero attached hydrogens (tertiary/aromatic N) is 3. The molecule has 0 bridgehead atoms. The Labute approximate surface area is 124 Å². The average molecular weight is 287 g/mol. The van der Waals surface area contributed by atoms with E-state index in [0.717, 1.165) is 24.3 Å². The summed E-state index contributed by atoms with van der Waals surface area (Å²) in [6, 6.07) is 5.47. The van der Waals surface area contributed by atoms with E-state index < -0.39 is 5.97 Å². The number of carboxylic acid groups (broad SMARTS) is 1. The van der Waals surface area contributed by atoms with Crippen LogP contribution in [0.5, 0.6) is 0 Å². The molecular formula is C16H21N3O2. The Kier molecular flexibility index (Phi) is 3.90. The van der Waals surface area contributed by atoms with Crippen molar-refractivity contribution in [3.05, 3.63) is 23.8 Å². The molecule has 0 aliphatic heterocycles. The van der Waals surface area contributed by atoms with Gasteiger partial charge in [-0.3, -0.25) is 0 Å². The predicted octanol–water partition coefficient (Wildman–Crippen LogP) is 3.66. The van der Waals surface area contributed by atoms with E-state index in [9.17, 15) is 4.79 Å². The van der Waals surface area contributed by atoms with E-state index >= 15 is 0 Å². The van der Waals surface area contributed by atoms with E-state index in [1.807, 2.05) is 10.7 Å². The highest BCUT2D eigenvalue weighted by atomic mass is 16.4. The topological polar surface area (TPSA) is 68.0 Å². The zero-order valence-corrected chi connectivity index (χ0v) is 12.3. The molecule has 1 saturated carbocycles. The van der Waals surface area contributed by atoms with Crippen LogP contribution < -0.4 is 0 Å². The molecule has 0 spiro atoms. The third-order valence-electron chi connectivity index (χ3n) is 4.58. The fourth-order valence-electron chi connectivity index (χ4n) is 3.43. The molecule has 21 heavy (non-hydrogen) atoms. The summed E-state index contributed by atoms with van der Waals surface area (Å²) in [4.78, 5) is 11.0. The molecule has 5 nitrogen and oxygen atoms in total. The van der Waals surface area contributed by atoms with Crippen molar-refractivity contribution in [2.75, 3.05) is 0 Å². The first kappa shape index (κ1) is 14.0. The van der Waals surface area contributed by atoms with Crippen molar-refractivity contribution in [1.29, 1.82) is 0 Å². The summed E-state index contributed by atoms with van der Waals surface area (Å²) in [5.74, 6) is -0.0637. The van der Waals surface area contributed by atoms with Gasteiger partial charge in [0.2, 0.25) is 0 Å². The largest absolute Gasteiger partial charge is 0.478 e. The van der Waals surface area contributed by atoms with Crippen molar-refractivity contribution in [3.8, 4) is 0 Å². The van der Waals surface area contributed by atoms with E-state index in [4.69, 9.17) is 5.11 Å². The van der Waals surface area contributed by atoms with Gasteiger partial charge in [-0.05, 0) is 49.8 Å². The third-order valence-corrected chi connectivity index (χ3v) is 4.58. The highest BCUT2D eigenvalue weighted by Crippen LogP contribution is 2.35. The first-order valence-electron chi connectivity index (χ1n) is 7.77. The number of carbonyl (C=O) groups is 1. The second-order valence-corrected chi connectivity index (χ2v) is 6.01. The second kappa shape index (κ2) is 5.84. The Morgan fingerprint density at radius 2 is 2.10 bits per heavy atom. The summed E-state index contributed by atoms with van der Waals surface area (Å²) in [6.07, 6.45) is 7.39. The van der Waals surface area contributed by atoms with Crippen molar-refractivity contribution in [1.82, 2.24) is 15.0 Å². The maximum atomic E-state index is 11.0. The van der Waals surface area contributed by atoms with Gasteiger partial charge in [-0.2, -0.15) is 0 Å². The molecule has 1 aliphatic carbocycles. The van der Waals surface area contributed by atoms with E-state index in [1.165, 1.54) is 25.7 Å². The Morgan fingerprint density at radius 1 is 1.33 bits per heavy atom. The van der Waals surface area contributed by atoms with Gasteiger partial charge in [0, 0.05) is 0 Å². The summed E-state index contributed by atoms with van der Waals surface area (Å²) < 4.78 is 1.99. The van der Waals surface area contributed by atoms with Gasteiger partial charge in [-0.1, -0.05) is 25.0 Å². The molecule has 0 unspecified atom stereocenters. The summed E-state index contributed by atoms with van der Waals surface area (Å²) >= 11 is 0. The van der Waals surface area contributed by atoms with Crippen molar-refractivity contribution in [2.45, 2.75) is 51.5 Å². The number of fused-ring (bicyclic) bond motifs is 1. The van der Waals surface area contributed by atoms with Crippen LogP contribution in [0.3, 0.4) is 0 Å². The molecule has 1 aliphatic rings. The van der Waals surface area contributed by atoms with Gasteiger partial charge in [0.15, 0.2) is 0 Å². The fraction of sp³-hybridized carbons (Fsp3) is 0.562. The van der Waals surface area contributed by atoms with E-state index in [0.29, 0.717) is 11.6 Å². The molecule has 112 valence electrons. The van der Waals surface area contributed by atoms with Gasteiger partial charge in [0.05, 0.1) is 17.1 Å². The van der Waals surface area contributed by atoms with Crippen molar-refractivity contribution < 1.29 is 9.90 Å². The summed E-state index contributed by atoms with van der Waals surface area (Å²) in [7, 11) is 0. The van der Waals surface area contributed by atoms with Crippen LogP contribution in [0.4, 0.5) is 0 Å². The number of hydrogen-bond donors (Lipinski definition) is 1. The van der Waals surface area contributed by atoms with Gasteiger partial charge in [0.25, 0.3) is 0 Å². The van der Waals surface area contributed by atoms with Crippen molar-refractivity contribution in [2.24, 2.45) is 5.92 Å². The molecule has 1 fully saturated rings. The number of benzene rings is 1. The van der Waals surface area contributed by atoms with Crippen LogP contribution in [0, 0.1) is 5.92 Å². The number of aromatic nitrogens is 3. The lowest BCUT2D eigenvalue weighted by Crippen LogP contribution is -2.19. The third kappa shape index (κ3) is 2.77. The fourth-order valence-corrected chi connectivity index (χ4v) is 3.43. The van der Waals surface area contributed by atoms with E-state index in [2.05, 4.69) is 17.2 Å². The summed E-state index contributed by atoms with van der Waals surface area (Å²) in [5, 5.41) is 17.4. The Bertz CT molecular complexity index is 642. The second-order valence-electron chi connectivity index (χ2n) is 6.01. The van der Waals surface area contributed by atoms with Crippen LogP contribution in [0.15, 0.2) is 18.2 Å². The first-order chi connectivity index (χ1) is 10.2. The molecule has 1 heterocycles. The smallest absolute Gasteiger partial charge is 0.335 e. The Balaban J connectivity index is 1.80. The van der Waals surface area contributed by atoms with Crippen LogP contribution in [0.2, 0.25) is 0 Å². The van der Waals surface area contributed by atoms with Crippen molar-refractivity contribution >= 4 is 17.0 Å². The Hall–Kier alpha value is -1.91. The highest BCUT2D eigenvalue weighted by molar-refractivity contribution is 5.92. The zero-order chi connectivity index (χ0) is 14.8. The quantitative estimate of drug-likeness (QED) is 0.931. The molecule has 0 amide bonds. The minimum absolute atomic E-state index is 0.265. The summed E-state index contributed by atoms with van der Waals surface area (Å²) in [6.45, 7) is 2.25. The molecule has 0 saturated heterocycles. The zero-order valence-electron chi connectivity index (χ0n) is 12.3. The van der Waals surface area contributed by atoms with Crippen LogP contribution in [-0.4, -0.2) is 26.1 Å². The van der Waals surface area contributed by atoms with Crippen LogP contribution in [0.1, 0.15) is 61.8 Å². The molecule has 0 atom stereocenters. The number of carboxylic acids is 1. The van der Waals surface area contributed by atoms with Crippen LogP contribution >= 0.6 is 0 Å². The number of rotatable bonds is 4. The molecular weight excluding hydrogens is 266 g/mol. The molecule has 5 heteroatoms. The van der Waals surface area contributed by atoms with Gasteiger partial charge in [-0.25, -0.2) is 9.48 Å². The molecule has 3 rings (SSSR count). The maximum absolute atomic E-state index is 11.0. The minimum atomic E-state index is -0.925. The van der Waals surface area contributed by atoms with E-state index in [-0.39, 0.29) is 5.56 Å².